The van der Waals surface area contributed by atoms with E-state index in [-0.39, 0.29) is 11.9 Å². The maximum atomic E-state index is 12.3. The molecule has 1 atom stereocenters. The average molecular weight is 241 g/mol. The van der Waals surface area contributed by atoms with Crippen molar-refractivity contribution in [3.05, 3.63) is 0 Å². The van der Waals surface area contributed by atoms with Crippen molar-refractivity contribution in [2.75, 3.05) is 46.9 Å². The first kappa shape index (κ1) is 12.8. The van der Waals surface area contributed by atoms with Crippen molar-refractivity contribution in [3.63, 3.8) is 0 Å². The molecule has 2 aliphatic rings. The fourth-order valence-electron chi connectivity index (χ4n) is 2.56. The first-order valence-corrected chi connectivity index (χ1v) is 6.45. The van der Waals surface area contributed by atoms with E-state index >= 15 is 0 Å². The topological polar surface area (TPSA) is 44.8 Å². The molecule has 0 aromatic heterocycles. The predicted octanol–water partition coefficient (Wildman–Crippen LogP) is -0.473. The monoisotopic (exact) mass is 241 g/mol. The van der Waals surface area contributed by atoms with Crippen LogP contribution in [0.1, 0.15) is 12.8 Å². The minimum absolute atomic E-state index is 0.0402. The smallest absolute Gasteiger partial charge is 0.241 e. The molecule has 98 valence electrons. The third-order valence-corrected chi connectivity index (χ3v) is 3.76. The number of carbonyl (C=O) groups excluding carboxylic acids is 1. The van der Waals surface area contributed by atoms with Crippen LogP contribution >= 0.6 is 0 Å². The minimum Gasteiger partial charge on any atom is -0.381 e. The number of piperazine rings is 1. The number of nitrogens with zero attached hydrogens (tertiary/aromatic N) is 2. The lowest BCUT2D eigenvalue weighted by Crippen LogP contribution is -2.58. The third kappa shape index (κ3) is 3.18. The normalized spacial score (nSPS) is 28.0. The van der Waals surface area contributed by atoms with E-state index in [4.69, 9.17) is 4.74 Å². The molecule has 2 aliphatic heterocycles. The molecular formula is C12H23N3O2. The molecule has 0 spiro atoms. The number of rotatable bonds is 2. The van der Waals surface area contributed by atoms with Gasteiger partial charge < -0.3 is 19.9 Å². The predicted molar refractivity (Wildman–Crippen MR) is 65.9 cm³/mol. The fourth-order valence-corrected chi connectivity index (χ4v) is 2.56. The Balaban J connectivity index is 1.89. The number of amides is 1. The Morgan fingerprint density at radius 3 is 2.76 bits per heavy atom. The van der Waals surface area contributed by atoms with Crippen molar-refractivity contribution < 1.29 is 9.53 Å². The summed E-state index contributed by atoms with van der Waals surface area (Å²) >= 11 is 0. The zero-order valence-electron chi connectivity index (χ0n) is 10.8. The molecular weight excluding hydrogens is 218 g/mol. The van der Waals surface area contributed by atoms with Gasteiger partial charge in [0.2, 0.25) is 5.91 Å². The highest BCUT2D eigenvalue weighted by atomic mass is 16.5. The van der Waals surface area contributed by atoms with E-state index < -0.39 is 0 Å². The summed E-state index contributed by atoms with van der Waals surface area (Å²) < 4.78 is 5.33. The third-order valence-electron chi connectivity index (χ3n) is 3.76. The fraction of sp³-hybridized carbons (Fsp3) is 0.917. The van der Waals surface area contributed by atoms with E-state index in [0.29, 0.717) is 6.04 Å². The molecule has 0 bridgehead atoms. The first-order valence-electron chi connectivity index (χ1n) is 6.45. The highest BCUT2D eigenvalue weighted by Gasteiger charge is 2.30. The summed E-state index contributed by atoms with van der Waals surface area (Å²) in [5.74, 6) is 0.225. The van der Waals surface area contributed by atoms with Gasteiger partial charge in [0.05, 0.1) is 6.04 Å². The Morgan fingerprint density at radius 1 is 1.41 bits per heavy atom. The number of ether oxygens (including phenoxy) is 1. The SMILES string of the molecule is CN1CCNC(C(=O)N(C)C2CCOCC2)C1. The number of hydrogen-bond donors (Lipinski definition) is 1. The second-order valence-corrected chi connectivity index (χ2v) is 5.06. The molecule has 2 saturated heterocycles. The van der Waals surface area contributed by atoms with Crippen molar-refractivity contribution in [3.8, 4) is 0 Å². The summed E-state index contributed by atoms with van der Waals surface area (Å²) in [4.78, 5) is 16.5. The van der Waals surface area contributed by atoms with Crippen molar-refractivity contribution in [1.29, 1.82) is 0 Å². The highest BCUT2D eigenvalue weighted by molar-refractivity contribution is 5.82. The van der Waals surface area contributed by atoms with Gasteiger partial charge in [-0.2, -0.15) is 0 Å². The van der Waals surface area contributed by atoms with E-state index in [1.54, 1.807) is 0 Å². The molecule has 2 rings (SSSR count). The van der Waals surface area contributed by atoms with Crippen molar-refractivity contribution >= 4 is 5.91 Å². The molecule has 2 fully saturated rings. The maximum absolute atomic E-state index is 12.3. The summed E-state index contributed by atoms with van der Waals surface area (Å²) in [6.45, 7) is 4.28. The number of carbonyl (C=O) groups is 1. The van der Waals surface area contributed by atoms with Gasteiger partial charge in [0.15, 0.2) is 0 Å². The Bertz CT molecular complexity index is 266. The summed E-state index contributed by atoms with van der Waals surface area (Å²) in [5.41, 5.74) is 0. The lowest BCUT2D eigenvalue weighted by Gasteiger charge is -2.37. The van der Waals surface area contributed by atoms with Crippen LogP contribution in [0.2, 0.25) is 0 Å². The van der Waals surface area contributed by atoms with Crippen LogP contribution < -0.4 is 5.32 Å². The minimum atomic E-state index is -0.0402. The second-order valence-electron chi connectivity index (χ2n) is 5.06. The molecule has 1 unspecified atom stereocenters. The molecule has 0 aliphatic carbocycles. The van der Waals surface area contributed by atoms with E-state index in [1.807, 2.05) is 11.9 Å². The maximum Gasteiger partial charge on any atom is 0.241 e. The van der Waals surface area contributed by atoms with Crippen LogP contribution in [0, 0.1) is 0 Å². The van der Waals surface area contributed by atoms with Gasteiger partial charge in [0.1, 0.15) is 0 Å². The molecule has 2 heterocycles. The van der Waals surface area contributed by atoms with E-state index in [9.17, 15) is 4.79 Å². The Morgan fingerprint density at radius 2 is 2.12 bits per heavy atom. The molecule has 0 aromatic rings. The quantitative estimate of drug-likeness (QED) is 0.710. The lowest BCUT2D eigenvalue weighted by molar-refractivity contribution is -0.136. The van der Waals surface area contributed by atoms with Crippen LogP contribution in [-0.2, 0) is 9.53 Å². The zero-order valence-corrected chi connectivity index (χ0v) is 10.8. The number of likely N-dealkylation sites (N-methyl/N-ethyl adjacent to an activating group) is 2. The highest BCUT2D eigenvalue weighted by Crippen LogP contribution is 2.14. The molecule has 5 nitrogen and oxygen atoms in total. The lowest BCUT2D eigenvalue weighted by atomic mass is 10.1. The summed E-state index contributed by atoms with van der Waals surface area (Å²) in [6.07, 6.45) is 1.93. The van der Waals surface area contributed by atoms with Gasteiger partial charge in [0.25, 0.3) is 0 Å². The molecule has 0 aromatic carbocycles. The van der Waals surface area contributed by atoms with Crippen molar-refractivity contribution in [2.45, 2.75) is 24.9 Å². The van der Waals surface area contributed by atoms with Crippen molar-refractivity contribution in [2.24, 2.45) is 0 Å². The first-order chi connectivity index (χ1) is 8.18. The van der Waals surface area contributed by atoms with E-state index in [2.05, 4.69) is 17.3 Å². The molecule has 5 heteroatoms. The van der Waals surface area contributed by atoms with Gasteiger partial charge in [0, 0.05) is 45.9 Å². The molecule has 1 N–H and O–H groups in total. The van der Waals surface area contributed by atoms with Gasteiger partial charge in [-0.25, -0.2) is 0 Å². The largest absolute Gasteiger partial charge is 0.381 e. The Labute approximate surface area is 103 Å². The standard InChI is InChI=1S/C12H23N3O2/c1-14-6-5-13-11(9-14)12(16)15(2)10-3-7-17-8-4-10/h10-11,13H,3-9H2,1-2H3. The number of nitrogens with one attached hydrogen (secondary N) is 1. The molecule has 0 radical (unpaired) electrons. The average Bonchev–Trinajstić information content (AvgIpc) is 2.38. The molecule has 1 amide bonds. The summed E-state index contributed by atoms with van der Waals surface area (Å²) in [7, 11) is 3.99. The molecule has 0 saturated carbocycles. The number of hydrogen-bond acceptors (Lipinski definition) is 4. The Hall–Kier alpha value is -0.650. The second kappa shape index (κ2) is 5.80. The van der Waals surface area contributed by atoms with Gasteiger partial charge in [-0.05, 0) is 19.9 Å². The van der Waals surface area contributed by atoms with Gasteiger partial charge in [-0.15, -0.1) is 0 Å². The van der Waals surface area contributed by atoms with Crippen LogP contribution in [0.4, 0.5) is 0 Å². The van der Waals surface area contributed by atoms with Gasteiger partial charge in [-0.1, -0.05) is 0 Å². The van der Waals surface area contributed by atoms with E-state index in [0.717, 1.165) is 45.7 Å². The van der Waals surface area contributed by atoms with Crippen molar-refractivity contribution in [1.82, 2.24) is 15.1 Å². The zero-order chi connectivity index (χ0) is 12.3. The van der Waals surface area contributed by atoms with Crippen LogP contribution in [0.5, 0.6) is 0 Å². The van der Waals surface area contributed by atoms with Crippen LogP contribution in [0.15, 0.2) is 0 Å². The van der Waals surface area contributed by atoms with Crippen LogP contribution in [-0.4, -0.2) is 74.7 Å². The Kier molecular flexibility index (Phi) is 4.36. The van der Waals surface area contributed by atoms with Gasteiger partial charge in [-0.3, -0.25) is 4.79 Å². The molecule has 17 heavy (non-hydrogen) atoms. The van der Waals surface area contributed by atoms with Crippen LogP contribution in [0.25, 0.3) is 0 Å². The van der Waals surface area contributed by atoms with E-state index in [1.165, 1.54) is 0 Å². The summed E-state index contributed by atoms with van der Waals surface area (Å²) in [6, 6.07) is 0.312. The van der Waals surface area contributed by atoms with Crippen LogP contribution in [0.3, 0.4) is 0 Å². The van der Waals surface area contributed by atoms with Gasteiger partial charge >= 0.3 is 0 Å². The summed E-state index contributed by atoms with van der Waals surface area (Å²) in [5, 5.41) is 3.31.